The second kappa shape index (κ2) is 9.59. The smallest absolute Gasteiger partial charge is 0.255 e. The molecule has 9 nitrogen and oxygen atoms in total. The SMILES string of the molecule is CC1=C(C(=O)Nc2cccc(Cl)c2)C(c2ccc3c(c2)OCCCO3)n2nc(-c3ccncc3)nc2N1. The molecule has 0 radical (unpaired) electrons. The number of nitrogens with one attached hydrogen (secondary N) is 2. The molecule has 1 amide bonds. The van der Waals surface area contributed by atoms with Gasteiger partial charge in [-0.2, -0.15) is 4.98 Å². The maximum absolute atomic E-state index is 13.7. The summed E-state index contributed by atoms with van der Waals surface area (Å²) in [6, 6.07) is 15.9. The number of halogens is 1. The Labute approximate surface area is 218 Å². The molecule has 37 heavy (non-hydrogen) atoms. The Morgan fingerprint density at radius 1 is 1.08 bits per heavy atom. The molecular formula is C27H23ClN6O3. The van der Waals surface area contributed by atoms with E-state index in [1.54, 1.807) is 41.3 Å². The van der Waals surface area contributed by atoms with Crippen LogP contribution in [0.3, 0.4) is 0 Å². The lowest BCUT2D eigenvalue weighted by molar-refractivity contribution is -0.113. The van der Waals surface area contributed by atoms with E-state index in [1.807, 2.05) is 37.3 Å². The Hall–Kier alpha value is -4.37. The zero-order valence-electron chi connectivity index (χ0n) is 19.9. The second-order valence-corrected chi connectivity index (χ2v) is 9.16. The van der Waals surface area contributed by atoms with Gasteiger partial charge in [0.1, 0.15) is 6.04 Å². The number of amides is 1. The molecule has 2 aliphatic heterocycles. The zero-order valence-corrected chi connectivity index (χ0v) is 20.7. The van der Waals surface area contributed by atoms with E-state index in [0.29, 0.717) is 58.5 Å². The zero-order chi connectivity index (χ0) is 25.4. The fourth-order valence-electron chi connectivity index (χ4n) is 4.49. The number of aromatic nitrogens is 4. The summed E-state index contributed by atoms with van der Waals surface area (Å²) in [5.41, 5.74) is 3.38. The van der Waals surface area contributed by atoms with Crippen LogP contribution in [0.5, 0.6) is 11.5 Å². The summed E-state index contributed by atoms with van der Waals surface area (Å²) in [4.78, 5) is 22.5. The van der Waals surface area contributed by atoms with Gasteiger partial charge < -0.3 is 20.1 Å². The van der Waals surface area contributed by atoms with Crippen molar-refractivity contribution < 1.29 is 14.3 Å². The van der Waals surface area contributed by atoms with Crippen molar-refractivity contribution in [3.05, 3.63) is 88.8 Å². The van der Waals surface area contributed by atoms with Crippen molar-refractivity contribution in [3.8, 4) is 22.9 Å². The number of hydrogen-bond acceptors (Lipinski definition) is 7. The maximum Gasteiger partial charge on any atom is 0.255 e. The molecule has 2 aliphatic rings. The summed E-state index contributed by atoms with van der Waals surface area (Å²) in [7, 11) is 0. The lowest BCUT2D eigenvalue weighted by Crippen LogP contribution is -2.31. The van der Waals surface area contributed by atoms with Gasteiger partial charge in [0.15, 0.2) is 17.3 Å². The van der Waals surface area contributed by atoms with Gasteiger partial charge in [0.2, 0.25) is 5.95 Å². The molecule has 0 fully saturated rings. The molecule has 2 aromatic carbocycles. The first-order chi connectivity index (χ1) is 18.1. The molecule has 0 spiro atoms. The lowest BCUT2D eigenvalue weighted by atomic mass is 9.94. The van der Waals surface area contributed by atoms with E-state index in [-0.39, 0.29) is 5.91 Å². The third kappa shape index (κ3) is 4.49. The number of carbonyl (C=O) groups is 1. The number of allylic oxidation sites excluding steroid dienone is 1. The molecule has 4 heterocycles. The van der Waals surface area contributed by atoms with E-state index in [2.05, 4.69) is 15.6 Å². The summed E-state index contributed by atoms with van der Waals surface area (Å²) >= 11 is 6.15. The Bertz CT molecular complexity index is 1520. The molecule has 4 aromatic rings. The minimum Gasteiger partial charge on any atom is -0.490 e. The normalized spacial score (nSPS) is 16.4. The van der Waals surface area contributed by atoms with E-state index >= 15 is 0 Å². The van der Waals surface area contributed by atoms with Gasteiger partial charge in [-0.25, -0.2) is 4.68 Å². The number of ether oxygens (including phenoxy) is 2. The van der Waals surface area contributed by atoms with Crippen LogP contribution >= 0.6 is 11.6 Å². The molecule has 2 aromatic heterocycles. The number of nitrogens with zero attached hydrogens (tertiary/aromatic N) is 4. The highest BCUT2D eigenvalue weighted by atomic mass is 35.5. The van der Waals surface area contributed by atoms with E-state index in [9.17, 15) is 4.79 Å². The third-order valence-electron chi connectivity index (χ3n) is 6.21. The molecule has 0 saturated heterocycles. The first-order valence-electron chi connectivity index (χ1n) is 11.9. The maximum atomic E-state index is 13.7. The van der Waals surface area contributed by atoms with Crippen molar-refractivity contribution in [1.82, 2.24) is 19.7 Å². The van der Waals surface area contributed by atoms with Crippen LogP contribution in [0.15, 0.2) is 78.3 Å². The number of carbonyl (C=O) groups excluding carboxylic acids is 1. The Balaban J connectivity index is 1.46. The molecule has 1 atom stereocenters. The Kier molecular flexibility index (Phi) is 5.97. The average molecular weight is 515 g/mol. The third-order valence-corrected chi connectivity index (χ3v) is 6.44. The standard InChI is InChI=1S/C27H23ClN6O3/c1-16-23(26(35)31-20-5-2-4-19(28)15-20)24(18-6-7-21-22(14-18)37-13-3-12-36-21)34-27(30-16)32-25(33-34)17-8-10-29-11-9-17/h2,4-11,14-15,24H,3,12-13H2,1H3,(H,31,35)(H,30,32,33). The molecular weight excluding hydrogens is 492 g/mol. The monoisotopic (exact) mass is 514 g/mol. The Morgan fingerprint density at radius 3 is 2.70 bits per heavy atom. The van der Waals surface area contributed by atoms with Crippen LogP contribution < -0.4 is 20.1 Å². The van der Waals surface area contributed by atoms with Gasteiger partial charge in [-0.15, -0.1) is 5.10 Å². The van der Waals surface area contributed by atoms with Gasteiger partial charge in [-0.05, 0) is 55.0 Å². The van der Waals surface area contributed by atoms with Crippen LogP contribution in [0.4, 0.5) is 11.6 Å². The number of fused-ring (bicyclic) bond motifs is 2. The molecule has 0 saturated carbocycles. The second-order valence-electron chi connectivity index (χ2n) is 8.73. The molecule has 6 rings (SSSR count). The molecule has 10 heteroatoms. The molecule has 2 N–H and O–H groups in total. The van der Waals surface area contributed by atoms with Crippen molar-refractivity contribution in [2.45, 2.75) is 19.4 Å². The van der Waals surface area contributed by atoms with Crippen molar-refractivity contribution in [3.63, 3.8) is 0 Å². The van der Waals surface area contributed by atoms with Crippen molar-refractivity contribution >= 4 is 29.1 Å². The van der Waals surface area contributed by atoms with Gasteiger partial charge in [0.05, 0.1) is 18.8 Å². The summed E-state index contributed by atoms with van der Waals surface area (Å²) in [5.74, 6) is 2.08. The van der Waals surface area contributed by atoms with Crippen LogP contribution in [0, 0.1) is 0 Å². The fraction of sp³-hybridized carbons (Fsp3) is 0.185. The van der Waals surface area contributed by atoms with Gasteiger partial charge in [-0.1, -0.05) is 23.7 Å². The summed E-state index contributed by atoms with van der Waals surface area (Å²) in [5, 5.41) is 11.6. The van der Waals surface area contributed by atoms with Crippen LogP contribution in [0.25, 0.3) is 11.4 Å². The number of benzene rings is 2. The summed E-state index contributed by atoms with van der Waals surface area (Å²) < 4.78 is 13.5. The van der Waals surface area contributed by atoms with Gasteiger partial charge in [0, 0.05) is 40.8 Å². The van der Waals surface area contributed by atoms with Gasteiger partial charge >= 0.3 is 0 Å². The molecule has 0 aliphatic carbocycles. The predicted octanol–water partition coefficient (Wildman–Crippen LogP) is 5.08. The minimum absolute atomic E-state index is 0.281. The first-order valence-corrected chi connectivity index (χ1v) is 12.3. The lowest BCUT2D eigenvalue weighted by Gasteiger charge is -2.29. The molecule has 1 unspecified atom stereocenters. The number of rotatable bonds is 4. The van der Waals surface area contributed by atoms with E-state index < -0.39 is 6.04 Å². The average Bonchev–Trinajstić information content (AvgIpc) is 3.17. The van der Waals surface area contributed by atoms with Crippen molar-refractivity contribution in [2.24, 2.45) is 0 Å². The highest BCUT2D eigenvalue weighted by Crippen LogP contribution is 2.40. The predicted molar refractivity (Wildman–Crippen MR) is 140 cm³/mol. The summed E-state index contributed by atoms with van der Waals surface area (Å²) in [6.07, 6.45) is 4.18. The highest BCUT2D eigenvalue weighted by molar-refractivity contribution is 6.31. The fourth-order valence-corrected chi connectivity index (χ4v) is 4.68. The van der Waals surface area contributed by atoms with E-state index in [4.69, 9.17) is 31.2 Å². The number of anilines is 2. The molecule has 186 valence electrons. The summed E-state index contributed by atoms with van der Waals surface area (Å²) in [6.45, 7) is 3.00. The number of hydrogen-bond donors (Lipinski definition) is 2. The van der Waals surface area contributed by atoms with E-state index in [1.165, 1.54) is 0 Å². The van der Waals surface area contributed by atoms with Crippen LogP contribution in [0.1, 0.15) is 24.9 Å². The van der Waals surface area contributed by atoms with Gasteiger partial charge in [-0.3, -0.25) is 9.78 Å². The highest BCUT2D eigenvalue weighted by Gasteiger charge is 2.35. The topological polar surface area (TPSA) is 103 Å². The quantitative estimate of drug-likeness (QED) is 0.391. The van der Waals surface area contributed by atoms with Crippen molar-refractivity contribution in [2.75, 3.05) is 23.8 Å². The molecule has 0 bridgehead atoms. The minimum atomic E-state index is -0.573. The van der Waals surface area contributed by atoms with E-state index in [0.717, 1.165) is 17.5 Å². The van der Waals surface area contributed by atoms with Crippen molar-refractivity contribution in [1.29, 1.82) is 0 Å². The van der Waals surface area contributed by atoms with Crippen LogP contribution in [0.2, 0.25) is 5.02 Å². The largest absolute Gasteiger partial charge is 0.490 e. The van der Waals surface area contributed by atoms with Crippen LogP contribution in [-0.2, 0) is 4.79 Å². The number of pyridine rings is 1. The first kappa shape index (κ1) is 23.1. The Morgan fingerprint density at radius 2 is 1.89 bits per heavy atom. The van der Waals surface area contributed by atoms with Gasteiger partial charge in [0.25, 0.3) is 5.91 Å². The van der Waals surface area contributed by atoms with Crippen LogP contribution in [-0.4, -0.2) is 38.9 Å².